The number of aromatic amines is 1. The van der Waals surface area contributed by atoms with Crippen molar-refractivity contribution < 1.29 is 8.42 Å². The number of aryl methyl sites for hydroxylation is 2. The minimum absolute atomic E-state index is 0.0926. The smallest absolute Gasteiger partial charge is 0.280 e. The fourth-order valence-electron chi connectivity index (χ4n) is 1.18. The van der Waals surface area contributed by atoms with Gasteiger partial charge in [-0.25, -0.2) is 0 Å². The Morgan fingerprint density at radius 2 is 1.94 bits per heavy atom. The van der Waals surface area contributed by atoms with Gasteiger partial charge in [0.05, 0.1) is 17.1 Å². The Labute approximate surface area is 96.2 Å². The van der Waals surface area contributed by atoms with Crippen molar-refractivity contribution in [2.24, 2.45) is 0 Å². The average Bonchev–Trinajstić information content (AvgIpc) is 2.47. The summed E-state index contributed by atoms with van der Waals surface area (Å²) in [5.74, 6) is 0. The van der Waals surface area contributed by atoms with Crippen molar-refractivity contribution in [3.63, 3.8) is 0 Å². The largest absolute Gasteiger partial charge is 0.301 e. The third-order valence-electron chi connectivity index (χ3n) is 2.47. The maximum atomic E-state index is 11.9. The summed E-state index contributed by atoms with van der Waals surface area (Å²) in [4.78, 5) is 0. The maximum absolute atomic E-state index is 11.9. The summed E-state index contributed by atoms with van der Waals surface area (Å²) in [6.45, 7) is 7.15. The van der Waals surface area contributed by atoms with Crippen LogP contribution < -0.4 is 4.72 Å². The van der Waals surface area contributed by atoms with E-state index in [1.807, 2.05) is 13.8 Å². The molecule has 0 atom stereocenters. The van der Waals surface area contributed by atoms with Gasteiger partial charge in [0.15, 0.2) is 0 Å². The van der Waals surface area contributed by atoms with Gasteiger partial charge in [0.25, 0.3) is 0 Å². The first-order chi connectivity index (χ1) is 7.25. The highest BCUT2D eigenvalue weighted by Gasteiger charge is 2.22. The molecule has 0 amide bonds. The predicted octanol–water partition coefficient (Wildman–Crippen LogP) is 1.02. The number of hydrogen-bond acceptors (Lipinski definition) is 3. The second kappa shape index (κ2) is 4.42. The molecule has 2 N–H and O–H groups in total. The van der Waals surface area contributed by atoms with Crippen molar-refractivity contribution in [2.75, 3.05) is 11.8 Å². The van der Waals surface area contributed by atoms with Crippen LogP contribution in [-0.4, -0.2) is 36.0 Å². The molecule has 0 aromatic carbocycles. The van der Waals surface area contributed by atoms with Gasteiger partial charge in [-0.15, -0.1) is 0 Å². The van der Waals surface area contributed by atoms with Gasteiger partial charge in [-0.3, -0.25) is 9.82 Å². The molecule has 0 bridgehead atoms. The molecule has 0 aliphatic rings. The summed E-state index contributed by atoms with van der Waals surface area (Å²) < 4.78 is 27.6. The van der Waals surface area contributed by atoms with Gasteiger partial charge in [0.2, 0.25) is 0 Å². The van der Waals surface area contributed by atoms with E-state index in [9.17, 15) is 8.42 Å². The first kappa shape index (κ1) is 13.0. The molecule has 92 valence electrons. The quantitative estimate of drug-likeness (QED) is 0.832. The van der Waals surface area contributed by atoms with E-state index in [4.69, 9.17) is 0 Å². The zero-order chi connectivity index (χ0) is 12.5. The lowest BCUT2D eigenvalue weighted by molar-refractivity contribution is 0.414. The van der Waals surface area contributed by atoms with Gasteiger partial charge in [-0.05, 0) is 27.7 Å². The molecule has 6 nitrogen and oxygen atoms in total. The van der Waals surface area contributed by atoms with Crippen LogP contribution in [0, 0.1) is 13.8 Å². The van der Waals surface area contributed by atoms with E-state index in [0.29, 0.717) is 17.1 Å². The van der Waals surface area contributed by atoms with E-state index in [0.717, 1.165) is 0 Å². The number of nitrogens with one attached hydrogen (secondary N) is 2. The highest BCUT2D eigenvalue weighted by atomic mass is 32.2. The van der Waals surface area contributed by atoms with Crippen molar-refractivity contribution >= 4 is 15.9 Å². The molecule has 0 unspecified atom stereocenters. The first-order valence-electron chi connectivity index (χ1n) is 5.03. The Bertz CT molecular complexity index is 444. The Morgan fingerprint density at radius 1 is 1.38 bits per heavy atom. The Hall–Kier alpha value is -1.08. The number of H-pyrrole nitrogens is 1. The van der Waals surface area contributed by atoms with Crippen LogP contribution >= 0.6 is 0 Å². The van der Waals surface area contributed by atoms with E-state index in [1.54, 1.807) is 13.8 Å². The third kappa shape index (κ3) is 2.53. The molecule has 1 heterocycles. The van der Waals surface area contributed by atoms with Crippen LogP contribution in [0.2, 0.25) is 0 Å². The Kier molecular flexibility index (Phi) is 3.59. The summed E-state index contributed by atoms with van der Waals surface area (Å²) in [5.41, 5.74) is 1.86. The van der Waals surface area contributed by atoms with Crippen LogP contribution in [0.1, 0.15) is 25.2 Å². The van der Waals surface area contributed by atoms with Crippen LogP contribution in [0.5, 0.6) is 0 Å². The van der Waals surface area contributed by atoms with Crippen LogP contribution in [-0.2, 0) is 10.2 Å². The topological polar surface area (TPSA) is 78.1 Å². The fraction of sp³-hybridized carbons (Fsp3) is 0.667. The second-order valence-corrected chi connectivity index (χ2v) is 5.76. The lowest BCUT2D eigenvalue weighted by atomic mass is 10.3. The lowest BCUT2D eigenvalue weighted by Gasteiger charge is -2.21. The second-order valence-electron chi connectivity index (χ2n) is 4.03. The van der Waals surface area contributed by atoms with Crippen molar-refractivity contribution in [3.8, 4) is 0 Å². The molecule has 1 rings (SSSR count). The zero-order valence-corrected chi connectivity index (χ0v) is 11.0. The Balaban J connectivity index is 2.98. The van der Waals surface area contributed by atoms with Gasteiger partial charge >= 0.3 is 10.2 Å². The molecule has 7 heteroatoms. The highest BCUT2D eigenvalue weighted by Crippen LogP contribution is 2.19. The monoisotopic (exact) mass is 246 g/mol. The van der Waals surface area contributed by atoms with Crippen LogP contribution in [0.15, 0.2) is 0 Å². The molecule has 0 saturated heterocycles. The minimum atomic E-state index is -3.50. The molecule has 0 saturated carbocycles. The van der Waals surface area contributed by atoms with Crippen LogP contribution in [0.25, 0.3) is 0 Å². The molecular formula is C9H18N4O2S. The van der Waals surface area contributed by atoms with Crippen molar-refractivity contribution in [2.45, 2.75) is 33.7 Å². The van der Waals surface area contributed by atoms with Gasteiger partial charge in [-0.2, -0.15) is 17.8 Å². The number of anilines is 1. The summed E-state index contributed by atoms with van der Waals surface area (Å²) in [5, 5.41) is 6.67. The molecule has 0 spiro atoms. The maximum Gasteiger partial charge on any atom is 0.301 e. The Morgan fingerprint density at radius 3 is 2.31 bits per heavy atom. The third-order valence-corrected chi connectivity index (χ3v) is 4.11. The van der Waals surface area contributed by atoms with E-state index >= 15 is 0 Å². The number of nitrogens with zero attached hydrogens (tertiary/aromatic N) is 2. The van der Waals surface area contributed by atoms with Crippen molar-refractivity contribution in [1.82, 2.24) is 14.5 Å². The van der Waals surface area contributed by atoms with Gasteiger partial charge in [0.1, 0.15) is 0 Å². The first-order valence-corrected chi connectivity index (χ1v) is 6.47. The van der Waals surface area contributed by atoms with Crippen molar-refractivity contribution in [3.05, 3.63) is 11.4 Å². The predicted molar refractivity (Wildman–Crippen MR) is 63.5 cm³/mol. The molecule has 0 aliphatic heterocycles. The number of hydrogen-bond donors (Lipinski definition) is 2. The molecule has 0 radical (unpaired) electrons. The molecule has 16 heavy (non-hydrogen) atoms. The summed E-state index contributed by atoms with van der Waals surface area (Å²) >= 11 is 0. The van der Waals surface area contributed by atoms with Crippen molar-refractivity contribution in [1.29, 1.82) is 0 Å². The molecule has 0 aliphatic carbocycles. The molecule has 1 aromatic heterocycles. The molecule has 0 fully saturated rings. The van der Waals surface area contributed by atoms with Gasteiger partial charge in [0, 0.05) is 13.1 Å². The van der Waals surface area contributed by atoms with Crippen LogP contribution in [0.4, 0.5) is 5.69 Å². The molecule has 1 aromatic rings. The van der Waals surface area contributed by atoms with E-state index in [-0.39, 0.29) is 6.04 Å². The summed E-state index contributed by atoms with van der Waals surface area (Å²) in [7, 11) is -1.96. The van der Waals surface area contributed by atoms with Gasteiger partial charge < -0.3 is 0 Å². The number of aromatic nitrogens is 2. The van der Waals surface area contributed by atoms with E-state index in [1.165, 1.54) is 11.4 Å². The summed E-state index contributed by atoms with van der Waals surface area (Å²) in [6, 6.07) is -0.0926. The lowest BCUT2D eigenvalue weighted by Crippen LogP contribution is -2.37. The number of rotatable bonds is 4. The summed E-state index contributed by atoms with van der Waals surface area (Å²) in [6.07, 6.45) is 0. The van der Waals surface area contributed by atoms with Gasteiger partial charge in [-0.1, -0.05) is 0 Å². The fourth-order valence-corrected chi connectivity index (χ4v) is 2.44. The highest BCUT2D eigenvalue weighted by molar-refractivity contribution is 7.90. The van der Waals surface area contributed by atoms with E-state index in [2.05, 4.69) is 14.9 Å². The average molecular weight is 246 g/mol. The normalized spacial score (nSPS) is 12.4. The minimum Gasteiger partial charge on any atom is -0.280 e. The molecular weight excluding hydrogens is 228 g/mol. The van der Waals surface area contributed by atoms with Crippen LogP contribution in [0.3, 0.4) is 0 Å². The zero-order valence-electron chi connectivity index (χ0n) is 10.2. The SMILES string of the molecule is Cc1n[nH]c(C)c1NS(=O)(=O)N(C)C(C)C. The standard InChI is InChI=1S/C9H18N4O2S/c1-6(2)13(5)16(14,15)12-9-7(3)10-11-8(9)4/h6,12H,1-5H3,(H,10,11). The van der Waals surface area contributed by atoms with E-state index < -0.39 is 10.2 Å².